The van der Waals surface area contributed by atoms with Gasteiger partial charge in [-0.15, -0.1) is 0 Å². The van der Waals surface area contributed by atoms with Crippen molar-refractivity contribution in [1.82, 2.24) is 15.2 Å². The number of carbonyl (C=O) groups excluding carboxylic acids is 1. The summed E-state index contributed by atoms with van der Waals surface area (Å²) in [7, 11) is 0. The number of rotatable bonds is 2. The van der Waals surface area contributed by atoms with E-state index < -0.39 is 0 Å². The lowest BCUT2D eigenvalue weighted by atomic mass is 9.87. The Hall–Kier alpha value is -3.67. The highest BCUT2D eigenvalue weighted by atomic mass is 16.3. The maximum Gasteiger partial charge on any atom is 0.226 e. The van der Waals surface area contributed by atoms with E-state index in [-0.39, 0.29) is 24.0 Å². The highest BCUT2D eigenvalue weighted by Gasteiger charge is 2.33. The molecule has 4 aromatic rings. The number of aromatic hydroxyl groups is 1. The first-order valence-electron chi connectivity index (χ1n) is 8.73. The molecule has 1 atom stereocenters. The van der Waals surface area contributed by atoms with Crippen molar-refractivity contribution in [3.05, 3.63) is 71.9 Å². The lowest BCUT2D eigenvalue weighted by Gasteiger charge is -2.23. The Morgan fingerprint density at radius 2 is 1.85 bits per heavy atom. The minimum atomic E-state index is -0.244. The topological polar surface area (TPSA) is 90.9 Å². The van der Waals surface area contributed by atoms with Gasteiger partial charge in [0.05, 0.1) is 5.69 Å². The number of hydrogen-bond donors (Lipinski definition) is 3. The summed E-state index contributed by atoms with van der Waals surface area (Å²) in [5, 5.41) is 21.2. The second kappa shape index (κ2) is 5.95. The van der Waals surface area contributed by atoms with E-state index in [4.69, 9.17) is 0 Å². The summed E-state index contributed by atoms with van der Waals surface area (Å²) >= 11 is 0. The summed E-state index contributed by atoms with van der Waals surface area (Å²) in [5.74, 6) is 0.323. The van der Waals surface area contributed by atoms with Gasteiger partial charge in [-0.3, -0.25) is 9.89 Å². The molecule has 6 nitrogen and oxygen atoms in total. The number of hydrogen-bond acceptors (Lipinski definition) is 4. The second-order valence-electron chi connectivity index (χ2n) is 6.62. The zero-order valence-corrected chi connectivity index (χ0v) is 14.3. The van der Waals surface area contributed by atoms with Crippen molar-refractivity contribution in [1.29, 1.82) is 0 Å². The largest absolute Gasteiger partial charge is 0.506 e. The van der Waals surface area contributed by atoms with Crippen LogP contribution >= 0.6 is 0 Å². The third-order valence-electron chi connectivity index (χ3n) is 4.94. The van der Waals surface area contributed by atoms with Gasteiger partial charge in [-0.25, -0.2) is 4.98 Å². The zero-order chi connectivity index (χ0) is 18.4. The molecule has 1 aliphatic rings. The van der Waals surface area contributed by atoms with Gasteiger partial charge >= 0.3 is 0 Å². The van der Waals surface area contributed by atoms with E-state index in [0.29, 0.717) is 11.3 Å². The maximum absolute atomic E-state index is 12.2. The van der Waals surface area contributed by atoms with Crippen molar-refractivity contribution in [2.75, 3.05) is 5.32 Å². The van der Waals surface area contributed by atoms with Crippen LogP contribution in [0.2, 0.25) is 0 Å². The van der Waals surface area contributed by atoms with Crippen LogP contribution in [0.3, 0.4) is 0 Å². The number of nitrogens with one attached hydrogen (secondary N) is 2. The summed E-state index contributed by atoms with van der Waals surface area (Å²) in [4.78, 5) is 16.9. The zero-order valence-electron chi connectivity index (χ0n) is 14.3. The number of aromatic nitrogens is 3. The number of anilines is 1. The molecule has 2 aromatic heterocycles. The van der Waals surface area contributed by atoms with E-state index >= 15 is 0 Å². The van der Waals surface area contributed by atoms with Crippen molar-refractivity contribution in [2.24, 2.45) is 0 Å². The van der Waals surface area contributed by atoms with E-state index in [0.717, 1.165) is 27.9 Å². The number of fused-ring (bicyclic) bond motifs is 2. The smallest absolute Gasteiger partial charge is 0.226 e. The third kappa shape index (κ3) is 2.54. The number of amides is 1. The van der Waals surface area contributed by atoms with Crippen LogP contribution < -0.4 is 5.32 Å². The average Bonchev–Trinajstić information content (AvgIpc) is 3.12. The van der Waals surface area contributed by atoms with Crippen LogP contribution in [0.1, 0.15) is 23.6 Å². The maximum atomic E-state index is 12.2. The summed E-state index contributed by atoms with van der Waals surface area (Å²) in [6.07, 6.45) is 0.276. The first-order chi connectivity index (χ1) is 13.2. The standard InChI is InChI=1S/C21H16N4O2/c26-16-8-4-7-13-9-10-15(22-19(13)16)14-11-17(27)23-21-18(14)20(24-25-21)12-5-2-1-3-6-12/h1-10,14,26H,11H2,(H2,23,24,25,27). The molecule has 3 N–H and O–H groups in total. The van der Waals surface area contributed by atoms with E-state index in [1.807, 2.05) is 48.5 Å². The summed E-state index contributed by atoms with van der Waals surface area (Å²) in [6, 6.07) is 19.0. The second-order valence-corrected chi connectivity index (χ2v) is 6.62. The molecular weight excluding hydrogens is 340 g/mol. The molecule has 0 spiro atoms. The minimum Gasteiger partial charge on any atom is -0.506 e. The number of para-hydroxylation sites is 1. The van der Waals surface area contributed by atoms with Crippen LogP contribution in [0.5, 0.6) is 5.75 Å². The molecule has 1 aliphatic heterocycles. The molecule has 3 heterocycles. The Labute approximate surface area is 154 Å². The van der Waals surface area contributed by atoms with Crippen molar-refractivity contribution >= 4 is 22.6 Å². The van der Waals surface area contributed by atoms with Crippen LogP contribution in [-0.2, 0) is 4.79 Å². The molecule has 0 bridgehead atoms. The van der Waals surface area contributed by atoms with E-state index in [1.165, 1.54) is 0 Å². The van der Waals surface area contributed by atoms with Gasteiger partial charge < -0.3 is 10.4 Å². The van der Waals surface area contributed by atoms with Crippen LogP contribution in [-0.4, -0.2) is 26.2 Å². The van der Waals surface area contributed by atoms with Gasteiger partial charge in [-0.2, -0.15) is 5.10 Å². The predicted octanol–water partition coefficient (Wildman–Crippen LogP) is 3.80. The van der Waals surface area contributed by atoms with E-state index in [9.17, 15) is 9.90 Å². The lowest BCUT2D eigenvalue weighted by Crippen LogP contribution is -2.24. The fourth-order valence-electron chi connectivity index (χ4n) is 3.67. The SMILES string of the molecule is O=C1CC(c2ccc3cccc(O)c3n2)c2c(n[nH]c2-c2ccccc2)N1. The summed E-state index contributed by atoms with van der Waals surface area (Å²) in [6.45, 7) is 0. The molecule has 0 aliphatic carbocycles. The molecule has 6 heteroatoms. The third-order valence-corrected chi connectivity index (χ3v) is 4.94. The van der Waals surface area contributed by atoms with Crippen LogP contribution in [0.4, 0.5) is 5.82 Å². The Balaban J connectivity index is 1.70. The molecule has 132 valence electrons. The Morgan fingerprint density at radius 3 is 2.70 bits per heavy atom. The summed E-state index contributed by atoms with van der Waals surface area (Å²) in [5.41, 5.74) is 4.06. The first kappa shape index (κ1) is 15.6. The van der Waals surface area contributed by atoms with Crippen molar-refractivity contribution < 1.29 is 9.90 Å². The Bertz CT molecular complexity index is 1170. The van der Waals surface area contributed by atoms with Gasteiger partial charge in [-0.05, 0) is 17.7 Å². The summed E-state index contributed by atoms with van der Waals surface area (Å²) < 4.78 is 0. The highest BCUT2D eigenvalue weighted by Crippen LogP contribution is 2.41. The fraction of sp³-hybridized carbons (Fsp3) is 0.0952. The first-order valence-corrected chi connectivity index (χ1v) is 8.73. The van der Waals surface area contributed by atoms with Crippen LogP contribution in [0, 0.1) is 0 Å². The molecule has 0 saturated heterocycles. The predicted molar refractivity (Wildman–Crippen MR) is 103 cm³/mol. The number of phenolic OH excluding ortho intramolecular Hbond substituents is 1. The molecule has 0 saturated carbocycles. The Kier molecular flexibility index (Phi) is 3.43. The Morgan fingerprint density at radius 1 is 1.00 bits per heavy atom. The molecule has 5 rings (SSSR count). The molecule has 2 aromatic carbocycles. The van der Waals surface area contributed by atoms with Crippen molar-refractivity contribution in [3.8, 4) is 17.0 Å². The number of phenols is 1. The van der Waals surface area contributed by atoms with E-state index in [1.54, 1.807) is 12.1 Å². The van der Waals surface area contributed by atoms with E-state index in [2.05, 4.69) is 20.5 Å². The molecule has 27 heavy (non-hydrogen) atoms. The van der Waals surface area contributed by atoms with Gasteiger partial charge in [0.15, 0.2) is 5.82 Å². The molecular formula is C21H16N4O2. The highest BCUT2D eigenvalue weighted by molar-refractivity contribution is 5.96. The quantitative estimate of drug-likeness (QED) is 0.509. The van der Waals surface area contributed by atoms with Gasteiger partial charge in [0.2, 0.25) is 5.91 Å². The molecule has 0 fully saturated rings. The average molecular weight is 356 g/mol. The number of benzene rings is 2. The molecule has 1 amide bonds. The number of carbonyl (C=O) groups is 1. The molecule has 1 unspecified atom stereocenters. The van der Waals surface area contributed by atoms with Crippen molar-refractivity contribution in [2.45, 2.75) is 12.3 Å². The number of nitrogens with zero attached hydrogens (tertiary/aromatic N) is 2. The number of pyridine rings is 1. The van der Waals surface area contributed by atoms with Crippen LogP contribution in [0.15, 0.2) is 60.7 Å². The minimum absolute atomic E-state index is 0.0993. The molecule has 0 radical (unpaired) electrons. The number of H-pyrrole nitrogens is 1. The van der Waals surface area contributed by atoms with Crippen LogP contribution in [0.25, 0.3) is 22.2 Å². The van der Waals surface area contributed by atoms with Gasteiger partial charge in [0.1, 0.15) is 11.3 Å². The lowest BCUT2D eigenvalue weighted by molar-refractivity contribution is -0.116. The van der Waals surface area contributed by atoms with Gasteiger partial charge in [0, 0.05) is 29.0 Å². The van der Waals surface area contributed by atoms with Crippen molar-refractivity contribution in [3.63, 3.8) is 0 Å². The van der Waals surface area contributed by atoms with Gasteiger partial charge in [0.25, 0.3) is 0 Å². The number of aromatic amines is 1. The monoisotopic (exact) mass is 356 g/mol. The normalized spacial score (nSPS) is 16.1. The fourth-order valence-corrected chi connectivity index (χ4v) is 3.67. The van der Waals surface area contributed by atoms with Gasteiger partial charge in [-0.1, -0.05) is 48.5 Å².